The van der Waals surface area contributed by atoms with E-state index >= 15 is 0 Å². The monoisotopic (exact) mass is 238 g/mol. The average molecular weight is 238 g/mol. The minimum absolute atomic E-state index is 0.687. The van der Waals surface area contributed by atoms with Gasteiger partial charge in [0.1, 0.15) is 6.04 Å². The Morgan fingerprint density at radius 1 is 1.53 bits per heavy atom. The minimum Gasteiger partial charge on any atom is -0.480 e. The molecule has 1 unspecified atom stereocenters. The third kappa shape index (κ3) is 2.81. The summed E-state index contributed by atoms with van der Waals surface area (Å²) in [6.07, 6.45) is 7.05. The Hall–Kier alpha value is -1.46. The summed E-state index contributed by atoms with van der Waals surface area (Å²) < 4.78 is 1.41. The van der Waals surface area contributed by atoms with Crippen LogP contribution in [-0.4, -0.2) is 31.3 Å². The number of hydrogen-bond donors (Lipinski definition) is 1. The number of nitrogens with zero attached hydrogens (tertiary/aromatic N) is 4. The minimum atomic E-state index is -0.903. The molecule has 94 valence electrons. The summed E-state index contributed by atoms with van der Waals surface area (Å²) in [6, 6.07) is -0.691. The van der Waals surface area contributed by atoms with Gasteiger partial charge in [0.25, 0.3) is 0 Å². The van der Waals surface area contributed by atoms with E-state index in [1.54, 1.807) is 6.92 Å². The van der Waals surface area contributed by atoms with Gasteiger partial charge in [0.2, 0.25) is 0 Å². The van der Waals surface area contributed by atoms with E-state index < -0.39 is 12.0 Å². The van der Waals surface area contributed by atoms with Crippen LogP contribution in [0.2, 0.25) is 0 Å². The molecular weight excluding hydrogens is 220 g/mol. The van der Waals surface area contributed by atoms with Crippen molar-refractivity contribution in [3.8, 4) is 0 Å². The Labute approximate surface area is 100 Å². The molecule has 0 saturated heterocycles. The van der Waals surface area contributed by atoms with Gasteiger partial charge in [-0.05, 0) is 29.7 Å². The fourth-order valence-electron chi connectivity index (χ4n) is 2.41. The molecule has 1 aromatic heterocycles. The van der Waals surface area contributed by atoms with Crippen LogP contribution in [0, 0.1) is 5.92 Å². The molecule has 1 aliphatic rings. The second-order valence-corrected chi connectivity index (χ2v) is 4.74. The summed E-state index contributed by atoms with van der Waals surface area (Å²) >= 11 is 0. The van der Waals surface area contributed by atoms with Gasteiger partial charge >= 0.3 is 5.97 Å². The van der Waals surface area contributed by atoms with Crippen molar-refractivity contribution in [3.63, 3.8) is 0 Å². The zero-order chi connectivity index (χ0) is 12.3. The molecule has 0 amide bonds. The Kier molecular flexibility index (Phi) is 3.71. The van der Waals surface area contributed by atoms with E-state index in [9.17, 15) is 4.79 Å². The van der Waals surface area contributed by atoms with Gasteiger partial charge in [-0.1, -0.05) is 25.7 Å². The van der Waals surface area contributed by atoms with Gasteiger partial charge in [0.05, 0.1) is 0 Å². The lowest BCUT2D eigenvalue weighted by Crippen LogP contribution is -2.19. The molecule has 1 heterocycles. The van der Waals surface area contributed by atoms with Crippen LogP contribution >= 0.6 is 0 Å². The smallest absolute Gasteiger partial charge is 0.328 e. The molecule has 17 heavy (non-hydrogen) atoms. The third-order valence-corrected chi connectivity index (χ3v) is 3.54. The lowest BCUT2D eigenvalue weighted by Gasteiger charge is -2.10. The lowest BCUT2D eigenvalue weighted by atomic mass is 10.0. The summed E-state index contributed by atoms with van der Waals surface area (Å²) in [5, 5.41) is 20.2. The first kappa shape index (κ1) is 12.0. The van der Waals surface area contributed by atoms with Crippen molar-refractivity contribution in [3.05, 3.63) is 5.82 Å². The van der Waals surface area contributed by atoms with Gasteiger partial charge in [-0.15, -0.1) is 5.10 Å². The van der Waals surface area contributed by atoms with Crippen molar-refractivity contribution in [2.45, 2.75) is 51.5 Å². The molecule has 2 rings (SSSR count). The van der Waals surface area contributed by atoms with Crippen molar-refractivity contribution < 1.29 is 9.90 Å². The van der Waals surface area contributed by atoms with Gasteiger partial charge in [-0.2, -0.15) is 0 Å². The number of carboxylic acids is 1. The summed E-state index contributed by atoms with van der Waals surface area (Å²) in [4.78, 5) is 10.9. The third-order valence-electron chi connectivity index (χ3n) is 3.54. The Morgan fingerprint density at radius 2 is 2.24 bits per heavy atom. The number of aryl methyl sites for hydroxylation is 1. The van der Waals surface area contributed by atoms with Crippen molar-refractivity contribution in [1.29, 1.82) is 0 Å². The van der Waals surface area contributed by atoms with Crippen LogP contribution in [0.3, 0.4) is 0 Å². The molecule has 0 aromatic carbocycles. The van der Waals surface area contributed by atoms with Gasteiger partial charge < -0.3 is 5.11 Å². The maximum Gasteiger partial charge on any atom is 0.328 e. The molecule has 1 atom stereocenters. The molecule has 1 saturated carbocycles. The van der Waals surface area contributed by atoms with E-state index in [1.807, 2.05) is 0 Å². The highest BCUT2D eigenvalue weighted by Crippen LogP contribution is 2.28. The summed E-state index contributed by atoms with van der Waals surface area (Å²) in [7, 11) is 0. The van der Waals surface area contributed by atoms with E-state index in [-0.39, 0.29) is 0 Å². The summed E-state index contributed by atoms with van der Waals surface area (Å²) in [5.41, 5.74) is 0. The first-order valence-corrected chi connectivity index (χ1v) is 6.18. The van der Waals surface area contributed by atoms with Crippen LogP contribution in [0.25, 0.3) is 0 Å². The molecule has 0 aliphatic heterocycles. The fourth-order valence-corrected chi connectivity index (χ4v) is 2.41. The van der Waals surface area contributed by atoms with Gasteiger partial charge in [0, 0.05) is 6.42 Å². The van der Waals surface area contributed by atoms with Crippen molar-refractivity contribution in [1.82, 2.24) is 20.2 Å². The highest BCUT2D eigenvalue weighted by Gasteiger charge is 2.21. The Bertz CT molecular complexity index is 385. The molecular formula is C11H18N4O2. The van der Waals surface area contributed by atoms with Crippen LogP contribution in [0.4, 0.5) is 0 Å². The second-order valence-electron chi connectivity index (χ2n) is 4.74. The molecule has 0 spiro atoms. The number of tetrazole rings is 1. The van der Waals surface area contributed by atoms with Crippen molar-refractivity contribution in [2.24, 2.45) is 5.92 Å². The van der Waals surface area contributed by atoms with E-state index in [1.165, 1.54) is 30.4 Å². The van der Waals surface area contributed by atoms with Crippen LogP contribution in [0.1, 0.15) is 50.9 Å². The van der Waals surface area contributed by atoms with Crippen molar-refractivity contribution in [2.75, 3.05) is 0 Å². The average Bonchev–Trinajstić information content (AvgIpc) is 2.96. The quantitative estimate of drug-likeness (QED) is 0.839. The predicted molar refractivity (Wildman–Crippen MR) is 60.4 cm³/mol. The van der Waals surface area contributed by atoms with Gasteiger partial charge in [-0.3, -0.25) is 0 Å². The predicted octanol–water partition coefficient (Wildman–Crippen LogP) is 1.44. The highest BCUT2D eigenvalue weighted by molar-refractivity contribution is 5.71. The van der Waals surface area contributed by atoms with E-state index in [0.717, 1.165) is 18.8 Å². The Morgan fingerprint density at radius 3 is 2.88 bits per heavy atom. The first-order chi connectivity index (χ1) is 8.18. The van der Waals surface area contributed by atoms with Crippen LogP contribution in [0.5, 0.6) is 0 Å². The molecule has 1 aliphatic carbocycles. The largest absolute Gasteiger partial charge is 0.480 e. The number of aromatic nitrogens is 4. The Balaban J connectivity index is 1.96. The molecule has 1 aromatic rings. The first-order valence-electron chi connectivity index (χ1n) is 6.18. The van der Waals surface area contributed by atoms with E-state index in [4.69, 9.17) is 5.11 Å². The van der Waals surface area contributed by atoms with E-state index in [0.29, 0.717) is 5.82 Å². The van der Waals surface area contributed by atoms with Crippen LogP contribution < -0.4 is 0 Å². The highest BCUT2D eigenvalue weighted by atomic mass is 16.4. The number of carbonyl (C=O) groups is 1. The number of carboxylic acid groups (broad SMARTS) is 1. The van der Waals surface area contributed by atoms with Crippen LogP contribution in [0.15, 0.2) is 0 Å². The standard InChI is InChI=1S/C11H18N4O2/c1-8(11(16)17)15-10(12-13-14-15)7-6-9-4-2-3-5-9/h8-9H,2-7H2,1H3,(H,16,17). The van der Waals surface area contributed by atoms with Crippen molar-refractivity contribution >= 4 is 5.97 Å². The normalized spacial score (nSPS) is 18.4. The zero-order valence-electron chi connectivity index (χ0n) is 10.0. The molecule has 1 N–H and O–H groups in total. The maximum absolute atomic E-state index is 10.9. The summed E-state index contributed by atoms with van der Waals surface area (Å²) in [6.45, 7) is 1.60. The molecule has 0 bridgehead atoms. The molecule has 6 nitrogen and oxygen atoms in total. The number of aliphatic carboxylic acids is 1. The summed E-state index contributed by atoms with van der Waals surface area (Å²) in [5.74, 6) is 0.548. The topological polar surface area (TPSA) is 80.9 Å². The number of hydrogen-bond acceptors (Lipinski definition) is 4. The number of rotatable bonds is 5. The lowest BCUT2D eigenvalue weighted by molar-refractivity contribution is -0.140. The zero-order valence-corrected chi connectivity index (χ0v) is 10.0. The molecule has 6 heteroatoms. The fraction of sp³-hybridized carbons (Fsp3) is 0.818. The van der Waals surface area contributed by atoms with Gasteiger partial charge in [0.15, 0.2) is 5.82 Å². The van der Waals surface area contributed by atoms with Gasteiger partial charge in [-0.25, -0.2) is 9.48 Å². The maximum atomic E-state index is 10.9. The SMILES string of the molecule is CC(C(=O)O)n1nnnc1CCC1CCCC1. The molecule has 1 fully saturated rings. The van der Waals surface area contributed by atoms with Crippen LogP contribution in [-0.2, 0) is 11.2 Å². The second kappa shape index (κ2) is 5.25. The molecule has 0 radical (unpaired) electrons. The van der Waals surface area contributed by atoms with E-state index in [2.05, 4.69) is 15.5 Å².